The van der Waals surface area contributed by atoms with Crippen LogP contribution in [0.3, 0.4) is 0 Å². The zero-order valence-corrected chi connectivity index (χ0v) is 7.99. The van der Waals surface area contributed by atoms with E-state index in [0.29, 0.717) is 18.4 Å². The highest BCUT2D eigenvalue weighted by atomic mass is 16.2. The average Bonchev–Trinajstić information content (AvgIpc) is 2.89. The summed E-state index contributed by atoms with van der Waals surface area (Å²) < 4.78 is 0. The highest BCUT2D eigenvalue weighted by Gasteiger charge is 2.37. The van der Waals surface area contributed by atoms with Gasteiger partial charge in [0.1, 0.15) is 0 Å². The van der Waals surface area contributed by atoms with E-state index in [2.05, 4.69) is 13.0 Å². The molecule has 0 saturated heterocycles. The number of rotatable bonds is 2. The summed E-state index contributed by atoms with van der Waals surface area (Å²) in [6.07, 6.45) is 4.26. The minimum absolute atomic E-state index is 0.174. The third-order valence-corrected chi connectivity index (χ3v) is 2.94. The summed E-state index contributed by atoms with van der Waals surface area (Å²) in [5.41, 5.74) is 6.89. The van der Waals surface area contributed by atoms with Crippen molar-refractivity contribution >= 4 is 5.91 Å². The Kier molecular flexibility index (Phi) is 2.12. The van der Waals surface area contributed by atoms with Gasteiger partial charge in [0.15, 0.2) is 0 Å². The van der Waals surface area contributed by atoms with Crippen LogP contribution in [0.25, 0.3) is 0 Å². The van der Waals surface area contributed by atoms with Gasteiger partial charge < -0.3 is 10.6 Å². The van der Waals surface area contributed by atoms with E-state index in [1.807, 2.05) is 4.90 Å². The van der Waals surface area contributed by atoms with E-state index in [0.717, 1.165) is 19.4 Å². The fraction of sp³-hybridized carbons (Fsp3) is 0.700. The molecule has 1 atom stereocenters. The minimum Gasteiger partial charge on any atom is -0.331 e. The standard InChI is InChI=1S/C10H16N2O/c1-7-4-5-12(9(7)6-11)10(13)8-2-3-8/h4,8-9H,2-3,5-6,11H2,1H3. The van der Waals surface area contributed by atoms with Gasteiger partial charge in [0.25, 0.3) is 0 Å². The Balaban J connectivity index is 2.04. The first-order valence-corrected chi connectivity index (χ1v) is 4.91. The van der Waals surface area contributed by atoms with Gasteiger partial charge in [0.05, 0.1) is 6.04 Å². The molecule has 2 rings (SSSR count). The van der Waals surface area contributed by atoms with Gasteiger partial charge in [-0.05, 0) is 19.8 Å². The van der Waals surface area contributed by atoms with Crippen molar-refractivity contribution in [3.05, 3.63) is 11.6 Å². The largest absolute Gasteiger partial charge is 0.331 e. The molecular weight excluding hydrogens is 164 g/mol. The molecule has 3 nitrogen and oxygen atoms in total. The molecule has 0 aromatic heterocycles. The molecule has 1 aliphatic heterocycles. The number of carbonyl (C=O) groups excluding carboxylic acids is 1. The molecule has 1 fully saturated rings. The summed E-state index contributed by atoms with van der Waals surface area (Å²) in [6.45, 7) is 3.38. The van der Waals surface area contributed by atoms with Crippen LogP contribution in [0.4, 0.5) is 0 Å². The maximum Gasteiger partial charge on any atom is 0.226 e. The molecule has 0 radical (unpaired) electrons. The van der Waals surface area contributed by atoms with Gasteiger partial charge >= 0.3 is 0 Å². The van der Waals surface area contributed by atoms with Crippen LogP contribution < -0.4 is 5.73 Å². The van der Waals surface area contributed by atoms with Crippen molar-refractivity contribution in [2.45, 2.75) is 25.8 Å². The number of nitrogens with two attached hydrogens (primary N) is 1. The van der Waals surface area contributed by atoms with Crippen LogP contribution in [-0.4, -0.2) is 29.9 Å². The van der Waals surface area contributed by atoms with Gasteiger partial charge in [-0.2, -0.15) is 0 Å². The summed E-state index contributed by atoms with van der Waals surface area (Å²) >= 11 is 0. The summed E-state index contributed by atoms with van der Waals surface area (Å²) in [5, 5.41) is 0. The van der Waals surface area contributed by atoms with Gasteiger partial charge in [0.2, 0.25) is 5.91 Å². The number of amides is 1. The lowest BCUT2D eigenvalue weighted by molar-refractivity contribution is -0.132. The van der Waals surface area contributed by atoms with Gasteiger partial charge in [-0.15, -0.1) is 0 Å². The molecule has 0 bridgehead atoms. The van der Waals surface area contributed by atoms with E-state index in [1.165, 1.54) is 5.57 Å². The predicted molar refractivity (Wildman–Crippen MR) is 51.0 cm³/mol. The number of hydrogen-bond donors (Lipinski definition) is 1. The second kappa shape index (κ2) is 3.14. The van der Waals surface area contributed by atoms with Crippen LogP contribution in [0, 0.1) is 5.92 Å². The van der Waals surface area contributed by atoms with Gasteiger partial charge in [-0.1, -0.05) is 11.6 Å². The Labute approximate surface area is 78.6 Å². The SMILES string of the molecule is CC1=CCN(C(=O)C2CC2)C1CN. The number of hydrogen-bond acceptors (Lipinski definition) is 2. The van der Waals surface area contributed by atoms with Crippen LogP contribution in [0.15, 0.2) is 11.6 Å². The summed E-state index contributed by atoms with van der Waals surface area (Å²) in [4.78, 5) is 13.7. The molecule has 1 heterocycles. The molecule has 13 heavy (non-hydrogen) atoms. The molecule has 2 aliphatic rings. The molecular formula is C10H16N2O. The zero-order valence-electron chi connectivity index (χ0n) is 7.99. The van der Waals surface area contributed by atoms with Crippen molar-refractivity contribution in [3.8, 4) is 0 Å². The fourth-order valence-corrected chi connectivity index (χ4v) is 1.87. The number of carbonyl (C=O) groups is 1. The predicted octanol–water partition coefficient (Wildman–Crippen LogP) is 0.512. The lowest BCUT2D eigenvalue weighted by atomic mass is 10.1. The maximum absolute atomic E-state index is 11.8. The first-order valence-electron chi connectivity index (χ1n) is 4.91. The topological polar surface area (TPSA) is 46.3 Å². The second-order valence-corrected chi connectivity index (χ2v) is 3.96. The second-order valence-electron chi connectivity index (χ2n) is 3.96. The summed E-state index contributed by atoms with van der Waals surface area (Å²) in [5.74, 6) is 0.622. The highest BCUT2D eigenvalue weighted by Crippen LogP contribution is 2.33. The molecule has 1 aliphatic carbocycles. The lowest BCUT2D eigenvalue weighted by Gasteiger charge is -2.25. The Morgan fingerprint density at radius 3 is 2.92 bits per heavy atom. The highest BCUT2D eigenvalue weighted by molar-refractivity contribution is 5.82. The zero-order chi connectivity index (χ0) is 9.42. The minimum atomic E-state index is 0.174. The molecule has 1 unspecified atom stereocenters. The Bertz CT molecular complexity index is 256. The smallest absolute Gasteiger partial charge is 0.226 e. The molecule has 2 N–H and O–H groups in total. The third-order valence-electron chi connectivity index (χ3n) is 2.94. The van der Waals surface area contributed by atoms with E-state index in [1.54, 1.807) is 0 Å². The Hall–Kier alpha value is -0.830. The summed E-state index contributed by atoms with van der Waals surface area (Å²) in [6, 6.07) is 0.174. The normalized spacial score (nSPS) is 27.7. The van der Waals surface area contributed by atoms with Crippen LogP contribution in [0.5, 0.6) is 0 Å². The van der Waals surface area contributed by atoms with Crippen LogP contribution in [-0.2, 0) is 4.79 Å². The van der Waals surface area contributed by atoms with Crippen LogP contribution in [0.2, 0.25) is 0 Å². The van der Waals surface area contributed by atoms with Crippen molar-refractivity contribution in [2.24, 2.45) is 11.7 Å². The quantitative estimate of drug-likeness (QED) is 0.629. The number of nitrogens with zero attached hydrogens (tertiary/aromatic N) is 1. The molecule has 72 valence electrons. The van der Waals surface area contributed by atoms with Crippen molar-refractivity contribution in [2.75, 3.05) is 13.1 Å². The van der Waals surface area contributed by atoms with E-state index in [4.69, 9.17) is 5.73 Å². The van der Waals surface area contributed by atoms with E-state index >= 15 is 0 Å². The molecule has 0 aromatic rings. The van der Waals surface area contributed by atoms with Crippen LogP contribution in [0.1, 0.15) is 19.8 Å². The van der Waals surface area contributed by atoms with E-state index in [9.17, 15) is 4.79 Å². The van der Waals surface area contributed by atoms with E-state index < -0.39 is 0 Å². The van der Waals surface area contributed by atoms with Crippen molar-refractivity contribution < 1.29 is 4.79 Å². The van der Waals surface area contributed by atoms with Gasteiger partial charge in [0, 0.05) is 19.0 Å². The van der Waals surface area contributed by atoms with Crippen molar-refractivity contribution in [1.82, 2.24) is 4.90 Å². The third kappa shape index (κ3) is 1.48. The Morgan fingerprint density at radius 2 is 2.38 bits per heavy atom. The summed E-state index contributed by atoms with van der Waals surface area (Å²) in [7, 11) is 0. The first kappa shape index (κ1) is 8.75. The van der Waals surface area contributed by atoms with Crippen molar-refractivity contribution in [1.29, 1.82) is 0 Å². The monoisotopic (exact) mass is 180 g/mol. The average molecular weight is 180 g/mol. The lowest BCUT2D eigenvalue weighted by Crippen LogP contribution is -2.42. The molecule has 1 saturated carbocycles. The van der Waals surface area contributed by atoms with Crippen molar-refractivity contribution in [3.63, 3.8) is 0 Å². The molecule has 0 spiro atoms. The molecule has 1 amide bonds. The van der Waals surface area contributed by atoms with Gasteiger partial charge in [-0.3, -0.25) is 4.79 Å². The van der Waals surface area contributed by atoms with E-state index in [-0.39, 0.29) is 6.04 Å². The fourth-order valence-electron chi connectivity index (χ4n) is 1.87. The molecule has 0 aromatic carbocycles. The first-order chi connectivity index (χ1) is 6.24. The van der Waals surface area contributed by atoms with Gasteiger partial charge in [-0.25, -0.2) is 0 Å². The Morgan fingerprint density at radius 1 is 1.69 bits per heavy atom. The van der Waals surface area contributed by atoms with Crippen LogP contribution >= 0.6 is 0 Å². The maximum atomic E-state index is 11.8. The molecule has 3 heteroatoms.